The minimum absolute atomic E-state index is 0.0373. The van der Waals surface area contributed by atoms with Gasteiger partial charge in [0.25, 0.3) is 5.91 Å². The van der Waals surface area contributed by atoms with Gasteiger partial charge in [0.15, 0.2) is 0 Å². The van der Waals surface area contributed by atoms with Gasteiger partial charge >= 0.3 is 0 Å². The highest BCUT2D eigenvalue weighted by molar-refractivity contribution is 6.30. The van der Waals surface area contributed by atoms with Gasteiger partial charge in [-0.25, -0.2) is 0 Å². The molecule has 0 bridgehead atoms. The lowest BCUT2D eigenvalue weighted by atomic mass is 10.1. The summed E-state index contributed by atoms with van der Waals surface area (Å²) in [4.78, 5) is 12.7. The Morgan fingerprint density at radius 3 is 2.55 bits per heavy atom. The van der Waals surface area contributed by atoms with Gasteiger partial charge in [-0.1, -0.05) is 41.9 Å². The van der Waals surface area contributed by atoms with Crippen LogP contribution < -0.4 is 14.8 Å². The first-order valence-electron chi connectivity index (χ1n) is 9.54. The molecule has 5 nitrogen and oxygen atoms in total. The van der Waals surface area contributed by atoms with Crippen molar-refractivity contribution >= 4 is 29.3 Å². The van der Waals surface area contributed by atoms with Crippen LogP contribution in [0, 0.1) is 18.3 Å². The van der Waals surface area contributed by atoms with Crippen LogP contribution in [0.4, 0.5) is 5.69 Å². The van der Waals surface area contributed by atoms with Gasteiger partial charge in [-0.05, 0) is 54.5 Å². The predicted molar refractivity (Wildman–Crippen MR) is 122 cm³/mol. The Bertz CT molecular complexity index is 1150. The number of rotatable bonds is 7. The monoisotopic (exact) mass is 432 g/mol. The number of para-hydroxylation sites is 1. The lowest BCUT2D eigenvalue weighted by molar-refractivity contribution is -0.112. The number of hydrogen-bond acceptors (Lipinski definition) is 4. The molecule has 0 radical (unpaired) electrons. The van der Waals surface area contributed by atoms with Crippen LogP contribution in [-0.4, -0.2) is 13.0 Å². The van der Waals surface area contributed by atoms with Crippen LogP contribution in [0.3, 0.4) is 0 Å². The first-order valence-corrected chi connectivity index (χ1v) is 9.92. The van der Waals surface area contributed by atoms with Crippen molar-refractivity contribution in [2.45, 2.75) is 13.5 Å². The Hall–Kier alpha value is -3.75. The standard InChI is InChI=1S/C25H21ClN2O3/c1-17-5-3-4-6-23(17)28-25(29)20(15-27)13-19-9-12-22(30-2)14-24(19)31-16-18-7-10-21(26)11-8-18/h3-14H,16H2,1-2H3,(H,28,29)/b20-13+. The molecule has 0 aliphatic heterocycles. The molecule has 31 heavy (non-hydrogen) atoms. The molecular formula is C25H21ClN2O3. The third-order valence-electron chi connectivity index (χ3n) is 4.59. The summed E-state index contributed by atoms with van der Waals surface area (Å²) >= 11 is 5.93. The van der Waals surface area contributed by atoms with Gasteiger partial charge in [0.2, 0.25) is 0 Å². The molecule has 0 aromatic heterocycles. The Kier molecular flexibility index (Phi) is 7.31. The molecule has 0 saturated heterocycles. The molecule has 3 aromatic carbocycles. The van der Waals surface area contributed by atoms with Gasteiger partial charge in [0.05, 0.1) is 7.11 Å². The van der Waals surface area contributed by atoms with E-state index < -0.39 is 5.91 Å². The van der Waals surface area contributed by atoms with Crippen LogP contribution >= 0.6 is 11.6 Å². The van der Waals surface area contributed by atoms with Crippen LogP contribution in [0.1, 0.15) is 16.7 Å². The number of halogens is 1. The molecule has 0 fully saturated rings. The second-order valence-electron chi connectivity index (χ2n) is 6.76. The van der Waals surface area contributed by atoms with E-state index in [1.165, 1.54) is 6.08 Å². The number of nitrogens with zero attached hydrogens (tertiary/aromatic N) is 1. The maximum Gasteiger partial charge on any atom is 0.266 e. The van der Waals surface area contributed by atoms with Crippen molar-refractivity contribution in [1.82, 2.24) is 0 Å². The Morgan fingerprint density at radius 1 is 1.13 bits per heavy atom. The number of hydrogen-bond donors (Lipinski definition) is 1. The number of methoxy groups -OCH3 is 1. The summed E-state index contributed by atoms with van der Waals surface area (Å²) in [5.74, 6) is 0.605. The Morgan fingerprint density at radius 2 is 1.87 bits per heavy atom. The van der Waals surface area contributed by atoms with Crippen LogP contribution in [0.2, 0.25) is 5.02 Å². The van der Waals surface area contributed by atoms with E-state index in [1.54, 1.807) is 43.5 Å². The summed E-state index contributed by atoms with van der Waals surface area (Å²) in [7, 11) is 1.56. The molecule has 0 heterocycles. The van der Waals surface area contributed by atoms with Crippen LogP contribution in [0.15, 0.2) is 72.3 Å². The largest absolute Gasteiger partial charge is 0.497 e. The summed E-state index contributed by atoms with van der Waals surface area (Å²) < 4.78 is 11.2. The summed E-state index contributed by atoms with van der Waals surface area (Å²) in [6.45, 7) is 2.18. The number of carbonyl (C=O) groups is 1. The lowest BCUT2D eigenvalue weighted by Crippen LogP contribution is -2.14. The van der Waals surface area contributed by atoms with Crippen molar-refractivity contribution in [1.29, 1.82) is 5.26 Å². The highest BCUT2D eigenvalue weighted by Crippen LogP contribution is 2.28. The Labute approximate surface area is 186 Å². The molecule has 1 N–H and O–H groups in total. The van der Waals surface area contributed by atoms with E-state index >= 15 is 0 Å². The third kappa shape index (κ3) is 5.88. The van der Waals surface area contributed by atoms with Gasteiger partial charge < -0.3 is 14.8 Å². The number of ether oxygens (including phenoxy) is 2. The Balaban J connectivity index is 1.86. The highest BCUT2D eigenvalue weighted by atomic mass is 35.5. The quantitative estimate of drug-likeness (QED) is 0.379. The number of anilines is 1. The summed E-state index contributed by atoms with van der Waals surface area (Å²) in [6, 6.07) is 21.9. The summed E-state index contributed by atoms with van der Waals surface area (Å²) in [6.07, 6.45) is 1.50. The molecule has 0 atom stereocenters. The second-order valence-corrected chi connectivity index (χ2v) is 7.19. The minimum Gasteiger partial charge on any atom is -0.497 e. The SMILES string of the molecule is COc1ccc(/C=C(\C#N)C(=O)Nc2ccccc2C)c(OCc2ccc(Cl)cc2)c1. The first kappa shape index (κ1) is 21.9. The molecule has 156 valence electrons. The van der Waals surface area contributed by atoms with Crippen molar-refractivity contribution in [2.24, 2.45) is 0 Å². The van der Waals surface area contributed by atoms with Gasteiger partial charge in [-0.15, -0.1) is 0 Å². The van der Waals surface area contributed by atoms with Crippen LogP contribution in [0.25, 0.3) is 6.08 Å². The lowest BCUT2D eigenvalue weighted by Gasteiger charge is -2.12. The molecule has 3 aromatic rings. The molecule has 6 heteroatoms. The fourth-order valence-corrected chi connectivity index (χ4v) is 2.96. The van der Waals surface area contributed by atoms with Gasteiger partial charge in [-0.2, -0.15) is 5.26 Å². The maximum atomic E-state index is 12.7. The summed E-state index contributed by atoms with van der Waals surface area (Å²) in [5, 5.41) is 13.0. The van der Waals surface area contributed by atoms with E-state index in [-0.39, 0.29) is 5.57 Å². The zero-order chi connectivity index (χ0) is 22.2. The molecule has 0 spiro atoms. The molecule has 0 aliphatic rings. The van der Waals surface area contributed by atoms with E-state index in [1.807, 2.05) is 43.3 Å². The molecule has 0 aliphatic carbocycles. The van der Waals surface area contributed by atoms with Crippen molar-refractivity contribution in [3.05, 3.63) is 94.0 Å². The number of nitriles is 1. The van der Waals surface area contributed by atoms with E-state index in [0.29, 0.717) is 34.4 Å². The predicted octanol–water partition coefficient (Wildman–Crippen LogP) is 5.78. The number of carbonyl (C=O) groups excluding carboxylic acids is 1. The zero-order valence-electron chi connectivity index (χ0n) is 17.2. The number of amides is 1. The normalized spacial score (nSPS) is 10.8. The van der Waals surface area contributed by atoms with Gasteiger partial charge in [-0.3, -0.25) is 4.79 Å². The average Bonchev–Trinajstić information content (AvgIpc) is 2.79. The van der Waals surface area contributed by atoms with E-state index in [9.17, 15) is 10.1 Å². The van der Waals surface area contributed by atoms with Crippen LogP contribution in [-0.2, 0) is 11.4 Å². The van der Waals surface area contributed by atoms with Crippen molar-refractivity contribution < 1.29 is 14.3 Å². The second kappa shape index (κ2) is 10.3. The molecular weight excluding hydrogens is 412 g/mol. The van der Waals surface area contributed by atoms with E-state index in [0.717, 1.165) is 11.1 Å². The summed E-state index contributed by atoms with van der Waals surface area (Å²) in [5.41, 5.74) is 3.04. The van der Waals surface area contributed by atoms with Gasteiger partial charge in [0, 0.05) is 22.3 Å². The van der Waals surface area contributed by atoms with Crippen molar-refractivity contribution in [3.63, 3.8) is 0 Å². The number of nitrogens with one attached hydrogen (secondary N) is 1. The molecule has 0 saturated carbocycles. The molecule has 1 amide bonds. The smallest absolute Gasteiger partial charge is 0.266 e. The van der Waals surface area contributed by atoms with Crippen molar-refractivity contribution in [2.75, 3.05) is 12.4 Å². The fourth-order valence-electron chi connectivity index (χ4n) is 2.83. The average molecular weight is 433 g/mol. The van der Waals surface area contributed by atoms with E-state index in [4.69, 9.17) is 21.1 Å². The molecule has 3 rings (SSSR count). The third-order valence-corrected chi connectivity index (χ3v) is 4.84. The number of aryl methyl sites for hydroxylation is 1. The number of benzene rings is 3. The van der Waals surface area contributed by atoms with Gasteiger partial charge in [0.1, 0.15) is 29.7 Å². The maximum absolute atomic E-state index is 12.7. The minimum atomic E-state index is -0.490. The van der Waals surface area contributed by atoms with E-state index in [2.05, 4.69) is 5.32 Å². The topological polar surface area (TPSA) is 71.3 Å². The first-order chi connectivity index (χ1) is 15.0. The van der Waals surface area contributed by atoms with Crippen molar-refractivity contribution in [3.8, 4) is 17.6 Å². The van der Waals surface area contributed by atoms with Crippen LogP contribution in [0.5, 0.6) is 11.5 Å². The zero-order valence-corrected chi connectivity index (χ0v) is 17.9. The molecule has 0 unspecified atom stereocenters. The fraction of sp³-hybridized carbons (Fsp3) is 0.120. The highest BCUT2D eigenvalue weighted by Gasteiger charge is 2.13.